The molecular weight excluding hydrogens is 417 g/mol. The third-order valence-electron chi connectivity index (χ3n) is 4.49. The zero-order chi connectivity index (χ0) is 21.5. The van der Waals surface area contributed by atoms with E-state index in [4.69, 9.17) is 0 Å². The lowest BCUT2D eigenvalue weighted by Crippen LogP contribution is -2.16. The van der Waals surface area contributed by atoms with Gasteiger partial charge in [-0.2, -0.15) is 0 Å². The van der Waals surface area contributed by atoms with E-state index in [0.717, 1.165) is 11.9 Å². The molecule has 2 aromatic heterocycles. The predicted molar refractivity (Wildman–Crippen MR) is 110 cm³/mol. The van der Waals surface area contributed by atoms with Crippen molar-refractivity contribution < 1.29 is 22.7 Å². The van der Waals surface area contributed by atoms with Gasteiger partial charge in [-0.25, -0.2) is 9.97 Å². The number of fused-ring (bicyclic) bond motifs is 2. The number of alkyl halides is 3. The van der Waals surface area contributed by atoms with Crippen LogP contribution in [-0.2, 0) is 7.05 Å². The number of carbonyl (C=O) groups is 1. The molecule has 6 nitrogen and oxygen atoms in total. The third-order valence-corrected chi connectivity index (χ3v) is 5.43. The van der Waals surface area contributed by atoms with Crippen molar-refractivity contribution in [3.8, 4) is 5.75 Å². The number of nitrogens with one attached hydrogen (secondary N) is 1. The number of nitrogens with zero attached hydrogens (tertiary/aromatic N) is 3. The number of imidazole rings is 1. The highest BCUT2D eigenvalue weighted by molar-refractivity contribution is 7.22. The molecule has 0 amide bonds. The van der Waals surface area contributed by atoms with Gasteiger partial charge in [-0.05, 0) is 36.8 Å². The normalized spacial score (nSPS) is 11.9. The zero-order valence-electron chi connectivity index (χ0n) is 16.1. The molecule has 0 bridgehead atoms. The van der Waals surface area contributed by atoms with Crippen LogP contribution in [0.25, 0.3) is 21.3 Å². The fourth-order valence-corrected chi connectivity index (χ4v) is 4.00. The van der Waals surface area contributed by atoms with Crippen molar-refractivity contribution in [2.75, 3.05) is 5.32 Å². The molecule has 0 saturated heterocycles. The lowest BCUT2D eigenvalue weighted by molar-refractivity contribution is -0.274. The second-order valence-electron chi connectivity index (χ2n) is 6.69. The van der Waals surface area contributed by atoms with Crippen molar-refractivity contribution in [2.24, 2.45) is 7.05 Å². The van der Waals surface area contributed by atoms with E-state index in [9.17, 15) is 18.0 Å². The van der Waals surface area contributed by atoms with E-state index in [1.807, 2.05) is 24.6 Å². The van der Waals surface area contributed by atoms with E-state index < -0.39 is 6.36 Å². The van der Waals surface area contributed by atoms with Crippen LogP contribution in [-0.4, -0.2) is 26.7 Å². The number of thiazole rings is 1. The highest BCUT2D eigenvalue weighted by atomic mass is 32.1. The van der Waals surface area contributed by atoms with Crippen LogP contribution in [0.2, 0.25) is 0 Å². The average Bonchev–Trinajstić information content (AvgIpc) is 3.20. The number of aryl methyl sites for hydroxylation is 1. The molecule has 1 N–H and O–H groups in total. The topological polar surface area (TPSA) is 69.0 Å². The van der Waals surface area contributed by atoms with Gasteiger partial charge in [0.15, 0.2) is 10.9 Å². The van der Waals surface area contributed by atoms with Crippen molar-refractivity contribution in [2.45, 2.75) is 26.1 Å². The van der Waals surface area contributed by atoms with Crippen molar-refractivity contribution >= 4 is 49.4 Å². The Hall–Kier alpha value is -3.14. The first-order chi connectivity index (χ1) is 14.2. The second-order valence-corrected chi connectivity index (χ2v) is 7.72. The molecule has 10 heteroatoms. The second kappa shape index (κ2) is 7.60. The quantitative estimate of drug-likeness (QED) is 0.388. The minimum absolute atomic E-state index is 0.0719. The van der Waals surface area contributed by atoms with E-state index in [-0.39, 0.29) is 11.5 Å². The van der Waals surface area contributed by atoms with Crippen molar-refractivity contribution in [3.63, 3.8) is 0 Å². The smallest absolute Gasteiger partial charge is 0.406 e. The Morgan fingerprint density at radius 3 is 2.70 bits per heavy atom. The molecule has 156 valence electrons. The average molecular weight is 434 g/mol. The molecule has 0 radical (unpaired) electrons. The van der Waals surface area contributed by atoms with Crippen LogP contribution in [0.4, 0.5) is 24.3 Å². The molecule has 2 aromatic carbocycles. The maximum Gasteiger partial charge on any atom is 0.573 e. The molecule has 30 heavy (non-hydrogen) atoms. The summed E-state index contributed by atoms with van der Waals surface area (Å²) in [5.74, 6) is 0.288. The summed E-state index contributed by atoms with van der Waals surface area (Å²) < 4.78 is 43.6. The fourth-order valence-electron chi connectivity index (χ4n) is 3.11. The van der Waals surface area contributed by atoms with Gasteiger partial charge in [0.05, 0.1) is 21.3 Å². The highest BCUT2D eigenvalue weighted by Crippen LogP contribution is 2.33. The summed E-state index contributed by atoms with van der Waals surface area (Å²) in [6.45, 7) is 1.95. The van der Waals surface area contributed by atoms with Crippen LogP contribution in [0.1, 0.15) is 30.1 Å². The standard InChI is InChI=1S/C20H17F3N4O2S/c1-3-4-16(28)11-5-8-15-14(9-11)24-18(27(15)2)26-19-25-13-7-6-12(10-17(13)30-19)29-20(21,22)23/h5-10H,3-4H2,1-2H3,(H,24,25,26). The number of halogens is 3. The molecule has 0 saturated carbocycles. The van der Waals surface area contributed by atoms with E-state index in [0.29, 0.717) is 38.8 Å². The summed E-state index contributed by atoms with van der Waals surface area (Å²) in [4.78, 5) is 21.1. The third kappa shape index (κ3) is 4.09. The Balaban J connectivity index is 1.62. The number of ketones is 1. The number of anilines is 2. The Bertz CT molecular complexity index is 1250. The number of hydrogen-bond donors (Lipinski definition) is 1. The van der Waals surface area contributed by atoms with E-state index in [1.165, 1.54) is 29.5 Å². The summed E-state index contributed by atoms with van der Waals surface area (Å²) >= 11 is 1.19. The molecular formula is C20H17F3N4O2S. The van der Waals surface area contributed by atoms with Crippen LogP contribution in [0.5, 0.6) is 5.75 Å². The Morgan fingerprint density at radius 1 is 1.17 bits per heavy atom. The van der Waals surface area contributed by atoms with Crippen LogP contribution in [0.15, 0.2) is 36.4 Å². The van der Waals surface area contributed by atoms with E-state index in [1.54, 1.807) is 12.1 Å². The molecule has 0 aliphatic carbocycles. The van der Waals surface area contributed by atoms with Crippen molar-refractivity contribution in [1.82, 2.24) is 14.5 Å². The highest BCUT2D eigenvalue weighted by Gasteiger charge is 2.31. The maximum absolute atomic E-state index is 12.4. The molecule has 0 atom stereocenters. The fraction of sp³-hybridized carbons (Fsp3) is 0.250. The number of aromatic nitrogens is 3. The zero-order valence-corrected chi connectivity index (χ0v) is 16.9. The number of benzene rings is 2. The molecule has 4 rings (SSSR count). The first-order valence-electron chi connectivity index (χ1n) is 9.16. The molecule has 0 aliphatic heterocycles. The van der Waals surface area contributed by atoms with Crippen LogP contribution < -0.4 is 10.1 Å². The van der Waals surface area contributed by atoms with Gasteiger partial charge >= 0.3 is 6.36 Å². The monoisotopic (exact) mass is 434 g/mol. The Labute approximate surface area is 173 Å². The molecule has 0 spiro atoms. The Kier molecular flexibility index (Phi) is 5.10. The number of Topliss-reactive ketones (excluding diaryl/α,β-unsaturated/α-hetero) is 1. The SMILES string of the molecule is CCCC(=O)c1ccc2c(c1)nc(Nc1nc3ccc(OC(F)(F)F)cc3s1)n2C. The summed E-state index contributed by atoms with van der Waals surface area (Å²) in [5.41, 5.74) is 2.67. The first-order valence-corrected chi connectivity index (χ1v) is 9.98. The minimum atomic E-state index is -4.75. The van der Waals surface area contributed by atoms with Gasteiger partial charge in [0.1, 0.15) is 5.75 Å². The van der Waals surface area contributed by atoms with Crippen LogP contribution in [0.3, 0.4) is 0 Å². The summed E-state index contributed by atoms with van der Waals surface area (Å²) in [6, 6.07) is 9.38. The number of rotatable bonds is 6. The predicted octanol–water partition coefficient (Wildman–Crippen LogP) is 5.81. The summed E-state index contributed by atoms with van der Waals surface area (Å²) in [5, 5.41) is 3.59. The van der Waals surface area contributed by atoms with Gasteiger partial charge in [0, 0.05) is 25.1 Å². The largest absolute Gasteiger partial charge is 0.573 e. The summed E-state index contributed by atoms with van der Waals surface area (Å²) in [6.07, 6.45) is -3.49. The van der Waals surface area contributed by atoms with Crippen LogP contribution >= 0.6 is 11.3 Å². The molecule has 2 heterocycles. The van der Waals surface area contributed by atoms with Gasteiger partial charge in [-0.1, -0.05) is 18.3 Å². The summed E-state index contributed by atoms with van der Waals surface area (Å²) in [7, 11) is 1.83. The van der Waals surface area contributed by atoms with Gasteiger partial charge in [-0.3, -0.25) is 4.79 Å². The number of ether oxygens (including phenoxy) is 1. The maximum atomic E-state index is 12.4. The van der Waals surface area contributed by atoms with Crippen molar-refractivity contribution in [3.05, 3.63) is 42.0 Å². The van der Waals surface area contributed by atoms with Crippen LogP contribution in [0, 0.1) is 0 Å². The number of carbonyl (C=O) groups excluding carboxylic acids is 1. The molecule has 0 aliphatic rings. The van der Waals surface area contributed by atoms with Gasteiger partial charge < -0.3 is 14.6 Å². The first kappa shape index (κ1) is 20.1. The molecule has 4 aromatic rings. The molecule has 0 unspecified atom stereocenters. The Morgan fingerprint density at radius 2 is 1.97 bits per heavy atom. The van der Waals surface area contributed by atoms with Gasteiger partial charge in [-0.15, -0.1) is 13.2 Å². The number of hydrogen-bond acceptors (Lipinski definition) is 6. The van der Waals surface area contributed by atoms with E-state index in [2.05, 4.69) is 20.0 Å². The lowest BCUT2D eigenvalue weighted by Gasteiger charge is -2.07. The minimum Gasteiger partial charge on any atom is -0.406 e. The van der Waals surface area contributed by atoms with E-state index >= 15 is 0 Å². The molecule has 0 fully saturated rings. The van der Waals surface area contributed by atoms with Crippen molar-refractivity contribution in [1.29, 1.82) is 0 Å². The lowest BCUT2D eigenvalue weighted by atomic mass is 10.1. The van der Waals surface area contributed by atoms with Gasteiger partial charge in [0.25, 0.3) is 0 Å². The van der Waals surface area contributed by atoms with Gasteiger partial charge in [0.2, 0.25) is 5.95 Å².